The first-order valence-electron chi connectivity index (χ1n) is 6.93. The predicted octanol–water partition coefficient (Wildman–Crippen LogP) is 1.29. The second kappa shape index (κ2) is 6.74. The third-order valence-electron chi connectivity index (χ3n) is 3.15. The zero-order valence-electron chi connectivity index (χ0n) is 12.8. The van der Waals surface area contributed by atoms with E-state index in [-0.39, 0.29) is 17.1 Å². The lowest BCUT2D eigenvalue weighted by atomic mass is 10.2. The van der Waals surface area contributed by atoms with E-state index >= 15 is 0 Å². The molecule has 7 nitrogen and oxygen atoms in total. The Kier molecular flexibility index (Phi) is 4.95. The van der Waals surface area contributed by atoms with Crippen LogP contribution in [-0.2, 0) is 21.4 Å². The van der Waals surface area contributed by atoms with Gasteiger partial charge in [-0.1, -0.05) is 12.1 Å². The SMILES string of the molecule is CC(=O)c1ccc(S(=O)(=O)NC(=O)CCn2cc(C)cn2)cc1. The molecule has 0 aliphatic rings. The molecule has 1 N–H and O–H groups in total. The van der Waals surface area contributed by atoms with Crippen LogP contribution in [0.1, 0.15) is 29.3 Å². The molecule has 1 heterocycles. The van der Waals surface area contributed by atoms with E-state index < -0.39 is 15.9 Å². The first-order valence-corrected chi connectivity index (χ1v) is 8.42. The molecule has 0 spiro atoms. The van der Waals surface area contributed by atoms with Crippen molar-refractivity contribution in [3.8, 4) is 0 Å². The number of benzene rings is 1. The normalized spacial score (nSPS) is 11.2. The quantitative estimate of drug-likeness (QED) is 0.802. The third kappa shape index (κ3) is 4.49. The highest BCUT2D eigenvalue weighted by atomic mass is 32.2. The molecule has 0 aliphatic heterocycles. The molecule has 0 radical (unpaired) electrons. The Morgan fingerprint density at radius 2 is 1.87 bits per heavy atom. The van der Waals surface area contributed by atoms with Gasteiger partial charge in [-0.25, -0.2) is 13.1 Å². The van der Waals surface area contributed by atoms with Crippen molar-refractivity contribution in [2.45, 2.75) is 31.7 Å². The fraction of sp³-hybridized carbons (Fsp3) is 0.267. The first kappa shape index (κ1) is 16.9. The van der Waals surface area contributed by atoms with Gasteiger partial charge in [-0.2, -0.15) is 5.10 Å². The number of hydrogen-bond acceptors (Lipinski definition) is 5. The lowest BCUT2D eigenvalue weighted by molar-refractivity contribution is -0.119. The second-order valence-corrected chi connectivity index (χ2v) is 6.82. The maximum atomic E-state index is 12.1. The number of carbonyl (C=O) groups excluding carboxylic acids is 2. The van der Waals surface area contributed by atoms with Crippen LogP contribution in [0.2, 0.25) is 0 Å². The summed E-state index contributed by atoms with van der Waals surface area (Å²) in [7, 11) is -3.94. The van der Waals surface area contributed by atoms with Gasteiger partial charge >= 0.3 is 0 Å². The largest absolute Gasteiger partial charge is 0.295 e. The summed E-state index contributed by atoms with van der Waals surface area (Å²) in [6, 6.07) is 5.41. The molecular formula is C15H17N3O4S. The highest BCUT2D eigenvalue weighted by Gasteiger charge is 2.17. The third-order valence-corrected chi connectivity index (χ3v) is 4.54. The number of aromatic nitrogens is 2. The molecule has 0 unspecified atom stereocenters. The van der Waals surface area contributed by atoms with Crippen LogP contribution in [-0.4, -0.2) is 29.9 Å². The van der Waals surface area contributed by atoms with E-state index in [1.54, 1.807) is 17.1 Å². The van der Waals surface area contributed by atoms with Gasteiger partial charge in [0.25, 0.3) is 10.0 Å². The van der Waals surface area contributed by atoms with Crippen molar-refractivity contribution in [1.82, 2.24) is 14.5 Å². The van der Waals surface area contributed by atoms with Gasteiger partial charge in [-0.15, -0.1) is 0 Å². The van der Waals surface area contributed by atoms with Crippen LogP contribution in [0, 0.1) is 6.92 Å². The van der Waals surface area contributed by atoms with E-state index in [1.165, 1.54) is 31.2 Å². The number of carbonyl (C=O) groups is 2. The van der Waals surface area contributed by atoms with Crippen molar-refractivity contribution >= 4 is 21.7 Å². The van der Waals surface area contributed by atoms with Gasteiger partial charge in [0, 0.05) is 24.7 Å². The number of hydrogen-bond donors (Lipinski definition) is 1. The van der Waals surface area contributed by atoms with Gasteiger partial charge in [0.05, 0.1) is 11.1 Å². The fourth-order valence-corrected chi connectivity index (χ4v) is 2.95. The molecule has 0 saturated heterocycles. The Balaban J connectivity index is 1.99. The number of amides is 1. The standard InChI is InChI=1S/C15H17N3O4S/c1-11-9-16-18(10-11)8-7-15(20)17-23(21,22)14-5-3-13(4-6-14)12(2)19/h3-6,9-10H,7-8H2,1-2H3,(H,17,20). The minimum absolute atomic E-state index is 0.00806. The first-order chi connectivity index (χ1) is 10.8. The van der Waals surface area contributed by atoms with Crippen molar-refractivity contribution in [2.24, 2.45) is 0 Å². The lowest BCUT2D eigenvalue weighted by Crippen LogP contribution is -2.31. The smallest absolute Gasteiger partial charge is 0.264 e. The molecule has 0 bridgehead atoms. The highest BCUT2D eigenvalue weighted by molar-refractivity contribution is 7.90. The number of ketones is 1. The number of nitrogens with one attached hydrogen (secondary N) is 1. The molecule has 0 aliphatic carbocycles. The van der Waals surface area contributed by atoms with Gasteiger partial charge in [0.2, 0.25) is 5.91 Å². The van der Waals surface area contributed by atoms with Crippen LogP contribution < -0.4 is 4.72 Å². The summed E-state index contributed by atoms with van der Waals surface area (Å²) >= 11 is 0. The van der Waals surface area contributed by atoms with Crippen molar-refractivity contribution in [3.63, 3.8) is 0 Å². The van der Waals surface area contributed by atoms with E-state index in [4.69, 9.17) is 0 Å². The van der Waals surface area contributed by atoms with E-state index in [1.807, 2.05) is 11.6 Å². The monoisotopic (exact) mass is 335 g/mol. The Hall–Kier alpha value is -2.48. The van der Waals surface area contributed by atoms with Gasteiger partial charge in [-0.05, 0) is 31.5 Å². The molecule has 1 aromatic carbocycles. The Bertz CT molecular complexity index is 823. The summed E-state index contributed by atoms with van der Waals surface area (Å²) in [4.78, 5) is 22.9. The zero-order valence-corrected chi connectivity index (χ0v) is 13.6. The van der Waals surface area contributed by atoms with Crippen molar-refractivity contribution in [1.29, 1.82) is 0 Å². The summed E-state index contributed by atoms with van der Waals surface area (Å²) in [5.41, 5.74) is 1.37. The summed E-state index contributed by atoms with van der Waals surface area (Å²) in [6.45, 7) is 3.56. The topological polar surface area (TPSA) is 98.1 Å². The molecule has 0 atom stereocenters. The molecular weight excluding hydrogens is 318 g/mol. The molecule has 0 fully saturated rings. The molecule has 2 aromatic rings. The average molecular weight is 335 g/mol. The number of nitrogens with zero attached hydrogens (tertiary/aromatic N) is 2. The zero-order chi connectivity index (χ0) is 17.0. The molecule has 23 heavy (non-hydrogen) atoms. The van der Waals surface area contributed by atoms with E-state index in [9.17, 15) is 18.0 Å². The summed E-state index contributed by atoms with van der Waals surface area (Å²) in [5, 5.41) is 4.02. The maximum absolute atomic E-state index is 12.1. The minimum Gasteiger partial charge on any atom is -0.295 e. The number of aryl methyl sites for hydroxylation is 2. The average Bonchev–Trinajstić information content (AvgIpc) is 2.90. The van der Waals surface area contributed by atoms with Gasteiger partial charge < -0.3 is 0 Å². The second-order valence-electron chi connectivity index (χ2n) is 5.14. The van der Waals surface area contributed by atoms with Crippen molar-refractivity contribution in [3.05, 3.63) is 47.8 Å². The Morgan fingerprint density at radius 1 is 1.22 bits per heavy atom. The maximum Gasteiger partial charge on any atom is 0.264 e. The molecule has 1 aromatic heterocycles. The van der Waals surface area contributed by atoms with Crippen LogP contribution in [0.15, 0.2) is 41.6 Å². The van der Waals surface area contributed by atoms with Crippen molar-refractivity contribution in [2.75, 3.05) is 0 Å². The van der Waals surface area contributed by atoms with E-state index in [0.717, 1.165) is 5.56 Å². The molecule has 8 heteroatoms. The van der Waals surface area contributed by atoms with Crippen LogP contribution in [0.25, 0.3) is 0 Å². The molecule has 0 saturated carbocycles. The van der Waals surface area contributed by atoms with Crippen LogP contribution in [0.4, 0.5) is 0 Å². The van der Waals surface area contributed by atoms with Crippen molar-refractivity contribution < 1.29 is 18.0 Å². The lowest BCUT2D eigenvalue weighted by Gasteiger charge is -2.07. The Labute approximate surface area is 134 Å². The molecule has 1 amide bonds. The number of rotatable bonds is 6. The van der Waals surface area contributed by atoms with E-state index in [0.29, 0.717) is 12.1 Å². The minimum atomic E-state index is -3.94. The molecule has 2 rings (SSSR count). The van der Waals surface area contributed by atoms with Gasteiger partial charge in [-0.3, -0.25) is 14.3 Å². The van der Waals surface area contributed by atoms with Gasteiger partial charge in [0.1, 0.15) is 0 Å². The number of Topliss-reactive ketones (excluding diaryl/α,β-unsaturated/α-hetero) is 1. The highest BCUT2D eigenvalue weighted by Crippen LogP contribution is 2.11. The Morgan fingerprint density at radius 3 is 2.39 bits per heavy atom. The molecule has 122 valence electrons. The summed E-state index contributed by atoms with van der Waals surface area (Å²) in [6.07, 6.45) is 3.42. The fourth-order valence-electron chi connectivity index (χ4n) is 1.93. The summed E-state index contributed by atoms with van der Waals surface area (Å²) in [5.74, 6) is -0.777. The van der Waals surface area contributed by atoms with E-state index in [2.05, 4.69) is 5.10 Å². The number of sulfonamides is 1. The van der Waals surface area contributed by atoms with Crippen LogP contribution >= 0.6 is 0 Å². The summed E-state index contributed by atoms with van der Waals surface area (Å²) < 4.78 is 27.8. The van der Waals surface area contributed by atoms with Crippen LogP contribution in [0.5, 0.6) is 0 Å². The predicted molar refractivity (Wildman–Crippen MR) is 83.4 cm³/mol. The van der Waals surface area contributed by atoms with Gasteiger partial charge in [0.15, 0.2) is 5.78 Å². The van der Waals surface area contributed by atoms with Crippen LogP contribution in [0.3, 0.4) is 0 Å².